The second-order valence-corrected chi connectivity index (χ2v) is 19.5. The zero-order valence-corrected chi connectivity index (χ0v) is 44.4. The Morgan fingerprint density at radius 3 is 1.50 bits per heavy atom. The third-order valence-electron chi connectivity index (χ3n) is 13.4. The van der Waals surface area contributed by atoms with Crippen molar-refractivity contribution in [2.75, 3.05) is 19.8 Å². The number of hydrogen-bond donors (Lipinski definition) is 1. The molecule has 1 aliphatic heterocycles. The fourth-order valence-corrected chi connectivity index (χ4v) is 9.25. The Morgan fingerprint density at radius 1 is 0.474 bits per heavy atom. The molecule has 0 aromatic heterocycles. The minimum atomic E-state index is -0.914. The van der Waals surface area contributed by atoms with Gasteiger partial charge in [-0.25, -0.2) is 0 Å². The fourth-order valence-electron chi connectivity index (χ4n) is 9.25. The lowest BCUT2D eigenvalue weighted by Crippen LogP contribution is -2.61. The number of amides is 1. The molecule has 12 heteroatoms. The van der Waals surface area contributed by atoms with Crippen molar-refractivity contribution in [2.45, 2.75) is 109 Å². The molecule has 78 heavy (non-hydrogen) atoms. The third kappa shape index (κ3) is 18.7. The van der Waals surface area contributed by atoms with E-state index in [1.54, 1.807) is 6.92 Å². The molecule has 7 aromatic carbocycles. The van der Waals surface area contributed by atoms with Gasteiger partial charge >= 0.3 is 11.9 Å². The summed E-state index contributed by atoms with van der Waals surface area (Å²) in [4.78, 5) is 39.7. The lowest BCUT2D eigenvalue weighted by atomic mass is 9.94. The predicted molar refractivity (Wildman–Crippen MR) is 298 cm³/mol. The van der Waals surface area contributed by atoms with Gasteiger partial charge in [-0.15, -0.1) is 0 Å². The number of nitrogens with one attached hydrogen (secondary N) is 1. The lowest BCUT2D eigenvalue weighted by molar-refractivity contribution is -0.328. The van der Waals surface area contributed by atoms with Crippen LogP contribution in [0.2, 0.25) is 0 Å². The van der Waals surface area contributed by atoms with Crippen LogP contribution in [0.15, 0.2) is 206 Å². The molecule has 1 aliphatic rings. The topological polar surface area (TPSA) is 137 Å². The highest BCUT2D eigenvalue weighted by atomic mass is 16.7. The number of benzene rings is 7. The van der Waals surface area contributed by atoms with Gasteiger partial charge in [-0.1, -0.05) is 213 Å². The summed E-state index contributed by atoms with van der Waals surface area (Å²) in [5, 5.41) is 3.10. The Hall–Kier alpha value is -7.29. The van der Waals surface area contributed by atoms with Crippen molar-refractivity contribution in [3.63, 3.8) is 0 Å². The van der Waals surface area contributed by atoms with Crippen LogP contribution in [0.5, 0.6) is 0 Å². The molecule has 0 saturated carbocycles. The second-order valence-electron chi connectivity index (χ2n) is 19.5. The van der Waals surface area contributed by atoms with Gasteiger partial charge in [-0.05, 0) is 57.3 Å². The monoisotopic (exact) mass is 1050 g/mol. The number of ether oxygens (including phenoxy) is 8. The van der Waals surface area contributed by atoms with Crippen molar-refractivity contribution in [3.05, 3.63) is 240 Å². The highest BCUT2D eigenvalue weighted by Crippen LogP contribution is 2.32. The molecular formula is C66H71NO11. The van der Waals surface area contributed by atoms with Crippen molar-refractivity contribution in [1.82, 2.24) is 5.32 Å². The van der Waals surface area contributed by atoms with E-state index in [0.29, 0.717) is 32.5 Å². The summed E-state index contributed by atoms with van der Waals surface area (Å²) in [7, 11) is 0. The van der Waals surface area contributed by atoms with E-state index in [0.717, 1.165) is 44.5 Å². The number of carbonyl (C=O) groups is 3. The molecule has 7 atom stereocenters. The van der Waals surface area contributed by atoms with E-state index in [4.69, 9.17) is 37.9 Å². The molecule has 1 amide bonds. The standard InChI is InChI=1S/C66H71NO11/c1-49(41-58(42-50-33-35-57(36-34-50)56-31-18-7-19-32-56)67-60(68)37-38-61(69)74-44-52-23-10-3-11-24-52)65(70)72-39-20-40-73-66-64(77-47-55-29-16-6-17-30-55)63(76-46-54-27-14-5-15-28-54)62(75-45-53-25-12-4-13-26-53)59(78-66)48-71-43-51-21-8-2-9-22-51/h2-19,21-36,49,58-59,62-64,66H,20,37-48H2,1H3,(H,67,68)/t49-,58+,59-,62-,63+,64-,66-/m1/s1. The van der Waals surface area contributed by atoms with Gasteiger partial charge < -0.3 is 43.2 Å². The van der Waals surface area contributed by atoms with Crippen molar-refractivity contribution < 1.29 is 52.3 Å². The van der Waals surface area contributed by atoms with E-state index < -0.39 is 54.6 Å². The van der Waals surface area contributed by atoms with Crippen LogP contribution in [0.4, 0.5) is 0 Å². The molecule has 0 aliphatic carbocycles. The number of hydrogen-bond acceptors (Lipinski definition) is 11. The van der Waals surface area contributed by atoms with Crippen molar-refractivity contribution >= 4 is 17.8 Å². The third-order valence-corrected chi connectivity index (χ3v) is 13.4. The maximum Gasteiger partial charge on any atom is 0.308 e. The van der Waals surface area contributed by atoms with Gasteiger partial charge in [0, 0.05) is 18.9 Å². The van der Waals surface area contributed by atoms with Gasteiger partial charge in [0.25, 0.3) is 0 Å². The first-order valence-corrected chi connectivity index (χ1v) is 27.0. The first-order valence-electron chi connectivity index (χ1n) is 27.0. The average molecular weight is 1050 g/mol. The van der Waals surface area contributed by atoms with Crippen LogP contribution in [-0.4, -0.2) is 74.4 Å². The Balaban J connectivity index is 0.916. The van der Waals surface area contributed by atoms with E-state index in [1.165, 1.54) is 0 Å². The molecule has 0 bridgehead atoms. The lowest BCUT2D eigenvalue weighted by Gasteiger charge is -2.46. The highest BCUT2D eigenvalue weighted by Gasteiger charge is 2.49. The van der Waals surface area contributed by atoms with Gasteiger partial charge in [-0.3, -0.25) is 14.4 Å². The molecule has 0 unspecified atom stereocenters. The Labute approximate surface area is 458 Å². The molecule has 12 nitrogen and oxygen atoms in total. The van der Waals surface area contributed by atoms with E-state index in [-0.39, 0.29) is 58.4 Å². The average Bonchev–Trinajstić information content (AvgIpc) is 3.52. The Kier molecular flexibility index (Phi) is 22.8. The summed E-state index contributed by atoms with van der Waals surface area (Å²) in [6, 6.07) is 67.1. The SMILES string of the molecule is C[C@H](C[C@@H](Cc1ccc(-c2ccccc2)cc1)NC(=O)CCC(=O)OCc1ccccc1)C(=O)OCCCO[C@@H]1O[C@H](COCc2ccccc2)[C@@H](OCc2ccccc2)[C@H](OCc2ccccc2)[C@H]1OCc1ccccc1. The maximum atomic E-state index is 13.7. The Bertz CT molecular complexity index is 2810. The highest BCUT2D eigenvalue weighted by molar-refractivity contribution is 5.81. The molecule has 1 heterocycles. The smallest absolute Gasteiger partial charge is 0.308 e. The van der Waals surface area contributed by atoms with E-state index in [2.05, 4.69) is 29.6 Å². The van der Waals surface area contributed by atoms with Gasteiger partial charge in [0.1, 0.15) is 31.0 Å². The largest absolute Gasteiger partial charge is 0.465 e. The molecule has 1 fully saturated rings. The molecule has 8 rings (SSSR count). The zero-order valence-electron chi connectivity index (χ0n) is 44.4. The predicted octanol–water partition coefficient (Wildman–Crippen LogP) is 11.6. The van der Waals surface area contributed by atoms with Crippen LogP contribution in [0.25, 0.3) is 11.1 Å². The summed E-state index contributed by atoms with van der Waals surface area (Å²) >= 11 is 0. The first-order chi connectivity index (χ1) is 38.3. The molecule has 7 aromatic rings. The van der Waals surface area contributed by atoms with Gasteiger partial charge in [0.2, 0.25) is 5.91 Å². The van der Waals surface area contributed by atoms with Gasteiger partial charge in [0.15, 0.2) is 6.29 Å². The minimum Gasteiger partial charge on any atom is -0.465 e. The zero-order chi connectivity index (χ0) is 54.0. The van der Waals surface area contributed by atoms with Crippen LogP contribution in [0.1, 0.15) is 66.0 Å². The van der Waals surface area contributed by atoms with E-state index in [9.17, 15) is 14.4 Å². The molecule has 0 radical (unpaired) electrons. The molecular weight excluding hydrogens is 983 g/mol. The summed E-state index contributed by atoms with van der Waals surface area (Å²) in [6.07, 6.45) is -2.57. The van der Waals surface area contributed by atoms with Crippen molar-refractivity contribution in [3.8, 4) is 11.1 Å². The summed E-state index contributed by atoms with van der Waals surface area (Å²) < 4.78 is 51.5. The minimum absolute atomic E-state index is 0.0541. The van der Waals surface area contributed by atoms with E-state index in [1.807, 2.05) is 182 Å². The first kappa shape index (κ1) is 56.9. The van der Waals surface area contributed by atoms with Crippen molar-refractivity contribution in [1.29, 1.82) is 0 Å². The van der Waals surface area contributed by atoms with Gasteiger partial charge in [0.05, 0.1) is 58.6 Å². The Morgan fingerprint density at radius 2 is 0.949 bits per heavy atom. The molecule has 0 spiro atoms. The van der Waals surface area contributed by atoms with Crippen LogP contribution in [0, 0.1) is 5.92 Å². The van der Waals surface area contributed by atoms with Crippen LogP contribution >= 0.6 is 0 Å². The second kappa shape index (κ2) is 31.2. The van der Waals surface area contributed by atoms with Crippen LogP contribution in [-0.2, 0) is 91.7 Å². The number of rotatable bonds is 30. The molecule has 1 N–H and O–H groups in total. The van der Waals surface area contributed by atoms with E-state index >= 15 is 0 Å². The summed E-state index contributed by atoms with van der Waals surface area (Å²) in [5.74, 6) is -1.74. The molecule has 1 saturated heterocycles. The maximum absolute atomic E-state index is 13.7. The normalized spacial score (nSPS) is 17.8. The fraction of sp³-hybridized carbons (Fsp3) is 0.318. The summed E-state index contributed by atoms with van der Waals surface area (Å²) in [5.41, 5.74) is 8.00. The van der Waals surface area contributed by atoms with Gasteiger partial charge in [-0.2, -0.15) is 0 Å². The van der Waals surface area contributed by atoms with Crippen molar-refractivity contribution in [2.24, 2.45) is 5.92 Å². The number of carbonyl (C=O) groups excluding carboxylic acids is 3. The summed E-state index contributed by atoms with van der Waals surface area (Å²) in [6.45, 7) is 3.58. The van der Waals surface area contributed by atoms with Crippen LogP contribution in [0.3, 0.4) is 0 Å². The molecule has 406 valence electrons. The van der Waals surface area contributed by atoms with Crippen LogP contribution < -0.4 is 5.32 Å². The quantitative estimate of drug-likeness (QED) is 0.0340. The number of esters is 2.